The Morgan fingerprint density at radius 3 is 2.13 bits per heavy atom. The van der Waals surface area contributed by atoms with Gasteiger partial charge in [-0.05, 0) is 69.5 Å². The summed E-state index contributed by atoms with van der Waals surface area (Å²) in [5, 5.41) is 0.980. The molecule has 3 unspecified atom stereocenters. The number of Topliss-reactive ketones (excluding diaryl/α,β-unsaturated/α-hetero) is 2. The lowest BCUT2D eigenvalue weighted by Crippen LogP contribution is -2.34. The predicted molar refractivity (Wildman–Crippen MR) is 170 cm³/mol. The Labute approximate surface area is 264 Å². The van der Waals surface area contributed by atoms with Crippen molar-refractivity contribution in [2.45, 2.75) is 39.3 Å². The number of ketones is 2. The van der Waals surface area contributed by atoms with Gasteiger partial charge in [-0.2, -0.15) is 21.9 Å². The first-order valence-corrected chi connectivity index (χ1v) is 16.0. The molecule has 0 amide bonds. The van der Waals surface area contributed by atoms with Crippen LogP contribution < -0.4 is 4.90 Å². The number of thiophene rings is 1. The molecule has 5 aromatic rings. The second-order valence-electron chi connectivity index (χ2n) is 11.6. The van der Waals surface area contributed by atoms with Crippen LogP contribution in [0.1, 0.15) is 30.4 Å². The SMILES string of the molecule is Cc1ccc(N(c2ccc(C)cc2)c2ccc(-c3cnc(N=C4C(=O)C(=O)C5CC(C(F)(F)F)CCC45)c4nsnc34)s2)cc1. The first kappa shape index (κ1) is 29.4. The number of benzene rings is 2. The summed E-state index contributed by atoms with van der Waals surface area (Å²) < 4.78 is 49.0. The van der Waals surface area contributed by atoms with Gasteiger partial charge in [-0.15, -0.1) is 11.3 Å². The molecule has 228 valence electrons. The second kappa shape index (κ2) is 11.3. The number of pyridine rings is 1. The zero-order chi connectivity index (χ0) is 31.5. The van der Waals surface area contributed by atoms with Crippen LogP contribution in [0.25, 0.3) is 21.5 Å². The highest BCUT2D eigenvalue weighted by molar-refractivity contribution is 7.19. The van der Waals surface area contributed by atoms with E-state index in [0.717, 1.165) is 49.7 Å². The lowest BCUT2D eigenvalue weighted by Gasteiger charge is -2.31. The van der Waals surface area contributed by atoms with Gasteiger partial charge >= 0.3 is 6.18 Å². The summed E-state index contributed by atoms with van der Waals surface area (Å²) in [6, 6.07) is 20.7. The van der Waals surface area contributed by atoms with Crippen LogP contribution >= 0.6 is 23.1 Å². The standard InChI is InChI=1S/C33H26F3N5O2S2/c1-17-3-8-20(9-4-17)41(21-10-5-18(2)6-11-21)26-14-13-25(44-26)24-16-37-32(29-27(24)39-45-40-29)38-28-22-12-7-19(33(34,35)36)15-23(22)30(42)31(28)43/h3-6,8-11,13-14,16,19,22-23H,7,12,15H2,1-2H3. The summed E-state index contributed by atoms with van der Waals surface area (Å²) in [5.74, 6) is -4.74. The Bertz CT molecular complexity index is 1920. The Balaban J connectivity index is 1.24. The number of nitrogens with zero attached hydrogens (tertiary/aromatic N) is 5. The van der Waals surface area contributed by atoms with E-state index in [1.165, 1.54) is 0 Å². The molecule has 3 heterocycles. The van der Waals surface area contributed by atoms with Crippen molar-refractivity contribution >= 4 is 73.6 Å². The highest BCUT2D eigenvalue weighted by Crippen LogP contribution is 2.47. The molecule has 45 heavy (non-hydrogen) atoms. The number of rotatable bonds is 5. The number of aromatic nitrogens is 3. The van der Waals surface area contributed by atoms with Gasteiger partial charge in [-0.25, -0.2) is 9.98 Å². The minimum atomic E-state index is -4.40. The molecular formula is C33H26F3N5O2S2. The lowest BCUT2D eigenvalue weighted by molar-refractivity contribution is -0.187. The molecule has 7 nitrogen and oxygen atoms in total. The molecular weight excluding hydrogens is 620 g/mol. The van der Waals surface area contributed by atoms with Crippen LogP contribution in [0.3, 0.4) is 0 Å². The van der Waals surface area contributed by atoms with Crippen LogP contribution in [0, 0.1) is 31.6 Å². The maximum Gasteiger partial charge on any atom is 0.391 e. The van der Waals surface area contributed by atoms with E-state index in [1.807, 2.05) is 12.1 Å². The Morgan fingerprint density at radius 1 is 0.844 bits per heavy atom. The van der Waals surface area contributed by atoms with Gasteiger partial charge in [0.15, 0.2) is 5.82 Å². The largest absolute Gasteiger partial charge is 0.391 e. The predicted octanol–water partition coefficient (Wildman–Crippen LogP) is 8.72. The molecule has 2 saturated carbocycles. The van der Waals surface area contributed by atoms with Crippen LogP contribution in [0.5, 0.6) is 0 Å². The number of carbonyl (C=O) groups is 2. The van der Waals surface area contributed by atoms with Crippen LogP contribution in [0.4, 0.5) is 35.4 Å². The third-order valence-corrected chi connectivity index (χ3v) is 10.2. The van der Waals surface area contributed by atoms with Crippen molar-refractivity contribution in [2.24, 2.45) is 22.7 Å². The highest BCUT2D eigenvalue weighted by atomic mass is 32.1. The number of halogens is 3. The number of aliphatic imine (C=N–C) groups is 1. The molecule has 0 aliphatic heterocycles. The third-order valence-electron chi connectivity index (χ3n) is 8.62. The topological polar surface area (TPSA) is 88.4 Å². The van der Waals surface area contributed by atoms with Crippen molar-refractivity contribution in [3.05, 3.63) is 78.0 Å². The zero-order valence-electron chi connectivity index (χ0n) is 24.2. The molecule has 0 bridgehead atoms. The van der Waals surface area contributed by atoms with E-state index in [1.54, 1.807) is 17.5 Å². The van der Waals surface area contributed by atoms with E-state index >= 15 is 0 Å². The van der Waals surface area contributed by atoms with Crippen LogP contribution in [0.2, 0.25) is 0 Å². The van der Waals surface area contributed by atoms with E-state index in [-0.39, 0.29) is 30.8 Å². The van der Waals surface area contributed by atoms with Crippen molar-refractivity contribution in [3.63, 3.8) is 0 Å². The Kier molecular flexibility index (Phi) is 7.36. The van der Waals surface area contributed by atoms with Gasteiger partial charge in [0.25, 0.3) is 0 Å². The Hall–Kier alpha value is -4.29. The minimum absolute atomic E-state index is 0.0228. The first-order valence-electron chi connectivity index (χ1n) is 14.5. The van der Waals surface area contributed by atoms with Crippen LogP contribution in [-0.2, 0) is 9.59 Å². The molecule has 0 N–H and O–H groups in total. The van der Waals surface area contributed by atoms with Crippen molar-refractivity contribution in [1.82, 2.24) is 13.7 Å². The van der Waals surface area contributed by atoms with E-state index in [2.05, 4.69) is 86.0 Å². The molecule has 2 aliphatic rings. The van der Waals surface area contributed by atoms with Gasteiger partial charge < -0.3 is 4.90 Å². The number of aryl methyl sites for hydroxylation is 2. The fourth-order valence-electron chi connectivity index (χ4n) is 6.20. The minimum Gasteiger partial charge on any atom is -0.302 e. The molecule has 0 radical (unpaired) electrons. The summed E-state index contributed by atoms with van der Waals surface area (Å²) >= 11 is 2.54. The van der Waals surface area contributed by atoms with Gasteiger partial charge in [0.05, 0.1) is 23.4 Å². The second-order valence-corrected chi connectivity index (χ2v) is 13.1. The number of alkyl halides is 3. The summed E-state index contributed by atoms with van der Waals surface area (Å²) in [4.78, 5) is 37.7. The summed E-state index contributed by atoms with van der Waals surface area (Å²) in [5.41, 5.74) is 6.00. The number of hydrogen-bond donors (Lipinski definition) is 0. The van der Waals surface area contributed by atoms with Gasteiger partial charge in [-0.1, -0.05) is 35.4 Å². The maximum atomic E-state index is 13.4. The maximum absolute atomic E-state index is 13.4. The summed E-state index contributed by atoms with van der Waals surface area (Å²) in [7, 11) is 0. The van der Waals surface area contributed by atoms with Gasteiger partial charge in [0.1, 0.15) is 16.0 Å². The quantitative estimate of drug-likeness (QED) is 0.178. The van der Waals surface area contributed by atoms with Crippen LogP contribution in [0.15, 0.2) is 71.9 Å². The molecule has 2 aromatic carbocycles. The monoisotopic (exact) mass is 645 g/mol. The molecule has 12 heteroatoms. The molecule has 2 aliphatic carbocycles. The van der Waals surface area contributed by atoms with Gasteiger partial charge in [0, 0.05) is 39.8 Å². The van der Waals surface area contributed by atoms with E-state index < -0.39 is 35.5 Å². The molecule has 0 saturated heterocycles. The zero-order valence-corrected chi connectivity index (χ0v) is 25.8. The van der Waals surface area contributed by atoms with Gasteiger partial charge in [-0.3, -0.25) is 9.59 Å². The van der Waals surface area contributed by atoms with Gasteiger partial charge in [0.2, 0.25) is 11.6 Å². The smallest absolute Gasteiger partial charge is 0.302 e. The van der Waals surface area contributed by atoms with Crippen LogP contribution in [-0.4, -0.2) is 37.2 Å². The fraction of sp³-hybridized carbons (Fsp3) is 0.273. The average Bonchev–Trinajstić information content (AvgIpc) is 3.76. The lowest BCUT2D eigenvalue weighted by atomic mass is 9.75. The Morgan fingerprint density at radius 2 is 1.49 bits per heavy atom. The van der Waals surface area contributed by atoms with Crippen molar-refractivity contribution in [1.29, 1.82) is 0 Å². The number of fused-ring (bicyclic) bond motifs is 2. The average molecular weight is 646 g/mol. The number of hydrogen-bond acceptors (Lipinski definition) is 9. The molecule has 7 rings (SSSR count). The fourth-order valence-corrected chi connectivity index (χ4v) is 7.82. The number of anilines is 3. The van der Waals surface area contributed by atoms with Crippen molar-refractivity contribution in [3.8, 4) is 10.4 Å². The number of carbonyl (C=O) groups excluding carboxylic acids is 2. The molecule has 3 aromatic heterocycles. The molecule has 0 spiro atoms. The molecule has 2 fully saturated rings. The third kappa shape index (κ3) is 5.35. The molecule has 3 atom stereocenters. The van der Waals surface area contributed by atoms with E-state index in [9.17, 15) is 22.8 Å². The normalized spacial score (nSPS) is 21.1. The van der Waals surface area contributed by atoms with Crippen molar-refractivity contribution in [2.75, 3.05) is 4.90 Å². The van der Waals surface area contributed by atoms with E-state index in [4.69, 9.17) is 0 Å². The first-order chi connectivity index (χ1) is 21.6. The van der Waals surface area contributed by atoms with Crippen molar-refractivity contribution < 1.29 is 22.8 Å². The highest BCUT2D eigenvalue weighted by Gasteiger charge is 2.54. The summed E-state index contributed by atoms with van der Waals surface area (Å²) in [6.07, 6.45) is -3.24. The van der Waals surface area contributed by atoms with E-state index in [0.29, 0.717) is 11.0 Å². The summed E-state index contributed by atoms with van der Waals surface area (Å²) in [6.45, 7) is 4.10.